The van der Waals surface area contributed by atoms with Crippen molar-refractivity contribution in [2.24, 2.45) is 5.10 Å². The zero-order valence-corrected chi connectivity index (χ0v) is 17.8. The van der Waals surface area contributed by atoms with Gasteiger partial charge in [0, 0.05) is 0 Å². The van der Waals surface area contributed by atoms with E-state index in [1.807, 2.05) is 18.2 Å². The Balaban J connectivity index is 1.79. The number of nitrogens with one attached hydrogen (secondary N) is 1. The molecule has 0 aliphatic carbocycles. The van der Waals surface area contributed by atoms with Crippen LogP contribution in [0.1, 0.15) is 38.2 Å². The minimum Gasteiger partial charge on any atom is -0.497 e. The van der Waals surface area contributed by atoms with Gasteiger partial charge in [0.05, 0.1) is 27.0 Å². The summed E-state index contributed by atoms with van der Waals surface area (Å²) >= 11 is 0. The Morgan fingerprint density at radius 2 is 1.70 bits per heavy atom. The summed E-state index contributed by atoms with van der Waals surface area (Å²) in [5, 5.41) is 3.96. The molecule has 0 unspecified atom stereocenters. The van der Waals surface area contributed by atoms with Crippen LogP contribution in [0.25, 0.3) is 0 Å². The largest absolute Gasteiger partial charge is 0.497 e. The van der Waals surface area contributed by atoms with Gasteiger partial charge in [-0.15, -0.1) is 0 Å². The number of nitrogens with zero attached hydrogens (tertiary/aromatic N) is 1. The maximum Gasteiger partial charge on any atom is 0.277 e. The number of methoxy groups -OCH3 is 2. The molecule has 30 heavy (non-hydrogen) atoms. The van der Waals surface area contributed by atoms with Crippen LogP contribution in [-0.2, 0) is 4.79 Å². The lowest BCUT2D eigenvalue weighted by atomic mass is 10.2. The lowest BCUT2D eigenvalue weighted by molar-refractivity contribution is -0.123. The monoisotopic (exact) mass is 414 g/mol. The van der Waals surface area contributed by atoms with E-state index in [1.54, 1.807) is 44.7 Å². The molecule has 0 atom stereocenters. The molecular weight excluding hydrogens is 384 g/mol. The average Bonchev–Trinajstić information content (AvgIpc) is 2.78. The number of unbranched alkanes of at least 4 members (excludes halogenated alkanes) is 3. The number of hydrogen-bond acceptors (Lipinski definition) is 6. The predicted molar refractivity (Wildman–Crippen MR) is 117 cm³/mol. The van der Waals surface area contributed by atoms with Crippen molar-refractivity contribution in [3.8, 4) is 23.0 Å². The standard InChI is InChI=1S/C23H30N2O5/c1-4-5-6-7-14-29-21-13-8-18(15-22(21)28-3)16-24-25-23(26)17-30-20-11-9-19(27-2)10-12-20/h8-13,15-16H,4-7,14,17H2,1-3H3,(H,25,26)/b24-16+. The molecule has 0 aliphatic heterocycles. The first kappa shape index (κ1) is 23.1. The zero-order valence-electron chi connectivity index (χ0n) is 17.8. The summed E-state index contributed by atoms with van der Waals surface area (Å²) in [4.78, 5) is 11.9. The second kappa shape index (κ2) is 13.1. The van der Waals surface area contributed by atoms with Gasteiger partial charge in [-0.1, -0.05) is 26.2 Å². The third-order valence-electron chi connectivity index (χ3n) is 4.28. The molecule has 0 aromatic heterocycles. The highest BCUT2D eigenvalue weighted by Crippen LogP contribution is 2.27. The summed E-state index contributed by atoms with van der Waals surface area (Å²) < 4.78 is 21.7. The van der Waals surface area contributed by atoms with E-state index in [1.165, 1.54) is 12.8 Å². The number of hydrogen-bond donors (Lipinski definition) is 1. The maximum absolute atomic E-state index is 11.9. The molecule has 1 N–H and O–H groups in total. The van der Waals surface area contributed by atoms with Crippen molar-refractivity contribution in [2.45, 2.75) is 32.6 Å². The van der Waals surface area contributed by atoms with Crippen LogP contribution < -0.4 is 24.4 Å². The fraction of sp³-hybridized carbons (Fsp3) is 0.391. The van der Waals surface area contributed by atoms with Crippen molar-refractivity contribution in [1.29, 1.82) is 0 Å². The highest BCUT2D eigenvalue weighted by atomic mass is 16.5. The smallest absolute Gasteiger partial charge is 0.277 e. The van der Waals surface area contributed by atoms with Gasteiger partial charge in [-0.25, -0.2) is 5.43 Å². The van der Waals surface area contributed by atoms with Crippen molar-refractivity contribution in [3.05, 3.63) is 48.0 Å². The highest BCUT2D eigenvalue weighted by Gasteiger charge is 2.06. The molecule has 0 heterocycles. The van der Waals surface area contributed by atoms with Gasteiger partial charge in [-0.2, -0.15) is 5.10 Å². The first-order valence-electron chi connectivity index (χ1n) is 10.1. The number of carbonyl (C=O) groups excluding carboxylic acids is 1. The molecule has 0 spiro atoms. The van der Waals surface area contributed by atoms with Crippen LogP contribution in [0.2, 0.25) is 0 Å². The Morgan fingerprint density at radius 1 is 0.933 bits per heavy atom. The molecule has 1 amide bonds. The minimum absolute atomic E-state index is 0.141. The highest BCUT2D eigenvalue weighted by molar-refractivity contribution is 5.83. The zero-order chi connectivity index (χ0) is 21.6. The second-order valence-corrected chi connectivity index (χ2v) is 6.58. The number of carbonyl (C=O) groups is 1. The van der Waals surface area contributed by atoms with Crippen molar-refractivity contribution in [2.75, 3.05) is 27.4 Å². The maximum atomic E-state index is 11.9. The molecule has 0 fully saturated rings. The molecule has 0 radical (unpaired) electrons. The Morgan fingerprint density at radius 3 is 2.40 bits per heavy atom. The second-order valence-electron chi connectivity index (χ2n) is 6.58. The fourth-order valence-electron chi connectivity index (χ4n) is 2.63. The van der Waals surface area contributed by atoms with E-state index in [4.69, 9.17) is 18.9 Å². The van der Waals surface area contributed by atoms with E-state index >= 15 is 0 Å². The summed E-state index contributed by atoms with van der Waals surface area (Å²) in [6, 6.07) is 12.5. The van der Waals surface area contributed by atoms with Crippen LogP contribution in [0.5, 0.6) is 23.0 Å². The van der Waals surface area contributed by atoms with Crippen molar-refractivity contribution in [3.63, 3.8) is 0 Å². The van der Waals surface area contributed by atoms with E-state index in [2.05, 4.69) is 17.5 Å². The van der Waals surface area contributed by atoms with E-state index in [0.717, 1.165) is 24.2 Å². The van der Waals surface area contributed by atoms with Gasteiger partial charge in [0.1, 0.15) is 11.5 Å². The van der Waals surface area contributed by atoms with Crippen molar-refractivity contribution >= 4 is 12.1 Å². The normalized spacial score (nSPS) is 10.6. The first-order chi connectivity index (χ1) is 14.7. The van der Waals surface area contributed by atoms with Gasteiger partial charge in [0.15, 0.2) is 18.1 Å². The van der Waals surface area contributed by atoms with Crippen LogP contribution in [-0.4, -0.2) is 39.6 Å². The van der Waals surface area contributed by atoms with Gasteiger partial charge in [-0.3, -0.25) is 4.79 Å². The molecule has 2 aromatic rings. The SMILES string of the molecule is CCCCCCOc1ccc(/C=N/NC(=O)COc2ccc(OC)cc2)cc1OC. The van der Waals surface area contributed by atoms with Gasteiger partial charge >= 0.3 is 0 Å². The average molecular weight is 415 g/mol. The van der Waals surface area contributed by atoms with Crippen molar-refractivity contribution < 1.29 is 23.7 Å². The van der Waals surface area contributed by atoms with E-state index < -0.39 is 0 Å². The van der Waals surface area contributed by atoms with Gasteiger partial charge in [0.2, 0.25) is 0 Å². The lowest BCUT2D eigenvalue weighted by Gasteiger charge is -2.11. The minimum atomic E-state index is -0.360. The number of hydrazone groups is 1. The Hall–Kier alpha value is -3.22. The summed E-state index contributed by atoms with van der Waals surface area (Å²) in [6.07, 6.45) is 6.13. The van der Waals surface area contributed by atoms with Gasteiger partial charge < -0.3 is 18.9 Å². The lowest BCUT2D eigenvalue weighted by Crippen LogP contribution is -2.24. The van der Waals surface area contributed by atoms with Crippen LogP contribution in [0, 0.1) is 0 Å². The van der Waals surface area contributed by atoms with Gasteiger partial charge in [-0.05, 0) is 54.4 Å². The van der Waals surface area contributed by atoms with E-state index in [-0.39, 0.29) is 12.5 Å². The first-order valence-corrected chi connectivity index (χ1v) is 10.1. The van der Waals surface area contributed by atoms with Crippen LogP contribution >= 0.6 is 0 Å². The fourth-order valence-corrected chi connectivity index (χ4v) is 2.63. The Kier molecular flexibility index (Phi) is 10.1. The van der Waals surface area contributed by atoms with Crippen LogP contribution in [0.3, 0.4) is 0 Å². The van der Waals surface area contributed by atoms with Crippen LogP contribution in [0.15, 0.2) is 47.6 Å². The van der Waals surface area contributed by atoms with E-state index in [9.17, 15) is 4.79 Å². The molecule has 7 heteroatoms. The predicted octanol–water partition coefficient (Wildman–Crippen LogP) is 4.19. The molecule has 0 bridgehead atoms. The molecule has 2 rings (SSSR count). The molecule has 0 saturated carbocycles. The third-order valence-corrected chi connectivity index (χ3v) is 4.28. The number of benzene rings is 2. The summed E-state index contributed by atoms with van der Waals surface area (Å²) in [6.45, 7) is 2.70. The summed E-state index contributed by atoms with van der Waals surface area (Å²) in [5.41, 5.74) is 3.22. The number of rotatable bonds is 13. The summed E-state index contributed by atoms with van der Waals surface area (Å²) in [5.74, 6) is 2.26. The Labute approximate surface area is 178 Å². The third kappa shape index (κ3) is 8.03. The van der Waals surface area contributed by atoms with Gasteiger partial charge in [0.25, 0.3) is 5.91 Å². The van der Waals surface area contributed by atoms with E-state index in [0.29, 0.717) is 23.9 Å². The molecule has 0 aliphatic rings. The molecule has 2 aromatic carbocycles. The number of amides is 1. The molecule has 7 nitrogen and oxygen atoms in total. The van der Waals surface area contributed by atoms with Crippen LogP contribution in [0.4, 0.5) is 0 Å². The summed E-state index contributed by atoms with van der Waals surface area (Å²) in [7, 11) is 3.19. The quantitative estimate of drug-likeness (QED) is 0.302. The number of ether oxygens (including phenoxy) is 4. The molecule has 0 saturated heterocycles. The Bertz CT molecular complexity index is 806. The topological polar surface area (TPSA) is 78.4 Å². The molecular formula is C23H30N2O5. The molecule has 162 valence electrons. The van der Waals surface area contributed by atoms with Crippen molar-refractivity contribution in [1.82, 2.24) is 5.43 Å².